The van der Waals surface area contributed by atoms with Gasteiger partial charge in [-0.3, -0.25) is 4.79 Å². The van der Waals surface area contributed by atoms with E-state index < -0.39 is 0 Å². The zero-order valence-electron chi connectivity index (χ0n) is 13.9. The zero-order chi connectivity index (χ0) is 18.4. The van der Waals surface area contributed by atoms with E-state index >= 15 is 0 Å². The molecule has 3 aromatic rings. The molecule has 0 saturated carbocycles. The van der Waals surface area contributed by atoms with Crippen molar-refractivity contribution in [2.45, 2.75) is 6.54 Å². The Kier molecular flexibility index (Phi) is 5.70. The van der Waals surface area contributed by atoms with Crippen molar-refractivity contribution in [2.75, 3.05) is 13.7 Å². The van der Waals surface area contributed by atoms with Gasteiger partial charge in [0.2, 0.25) is 11.7 Å². The molecule has 8 heteroatoms. The summed E-state index contributed by atoms with van der Waals surface area (Å²) in [6.45, 7) is -0.0358. The van der Waals surface area contributed by atoms with Crippen LogP contribution in [-0.2, 0) is 11.3 Å². The van der Waals surface area contributed by atoms with Crippen LogP contribution in [0.2, 0.25) is 5.02 Å². The molecule has 0 radical (unpaired) electrons. The standard InChI is InChI=1S/C18H16ClN3O4/c1-24-14-6-2-4-12(8-14)18-21-17(26-22-18)10-20-16(23)11-25-15-7-3-5-13(19)9-15/h2-9H,10-11H2,1H3,(H,20,23). The zero-order valence-corrected chi connectivity index (χ0v) is 14.7. The van der Waals surface area contributed by atoms with Gasteiger partial charge in [-0.05, 0) is 30.3 Å². The monoisotopic (exact) mass is 373 g/mol. The van der Waals surface area contributed by atoms with Crippen LogP contribution in [0.4, 0.5) is 0 Å². The average molecular weight is 374 g/mol. The number of nitrogens with zero attached hydrogens (tertiary/aromatic N) is 2. The van der Waals surface area contributed by atoms with Crippen LogP contribution in [0, 0.1) is 0 Å². The van der Waals surface area contributed by atoms with Crippen molar-refractivity contribution in [3.05, 3.63) is 59.4 Å². The van der Waals surface area contributed by atoms with E-state index in [1.807, 2.05) is 18.2 Å². The molecule has 0 aliphatic heterocycles. The first-order chi connectivity index (χ1) is 12.6. The molecule has 1 amide bonds. The largest absolute Gasteiger partial charge is 0.497 e. The number of rotatable bonds is 7. The lowest BCUT2D eigenvalue weighted by molar-refractivity contribution is -0.123. The number of nitrogens with one attached hydrogen (secondary N) is 1. The third-order valence-corrected chi connectivity index (χ3v) is 3.63. The quantitative estimate of drug-likeness (QED) is 0.684. The summed E-state index contributed by atoms with van der Waals surface area (Å²) in [5.74, 6) is 1.61. The van der Waals surface area contributed by atoms with Crippen molar-refractivity contribution in [2.24, 2.45) is 0 Å². The van der Waals surface area contributed by atoms with E-state index in [9.17, 15) is 4.79 Å². The molecule has 3 rings (SSSR count). The molecule has 0 bridgehead atoms. The van der Waals surface area contributed by atoms with Gasteiger partial charge < -0.3 is 19.3 Å². The molecule has 0 aliphatic rings. The third kappa shape index (κ3) is 4.73. The number of halogens is 1. The number of hydrogen-bond donors (Lipinski definition) is 1. The van der Waals surface area contributed by atoms with Gasteiger partial charge in [-0.2, -0.15) is 4.98 Å². The van der Waals surface area contributed by atoms with Crippen LogP contribution in [0.1, 0.15) is 5.89 Å². The summed E-state index contributed by atoms with van der Waals surface area (Å²) in [4.78, 5) is 16.1. The van der Waals surface area contributed by atoms with Crippen LogP contribution in [0.3, 0.4) is 0 Å². The molecule has 0 fully saturated rings. The van der Waals surface area contributed by atoms with E-state index in [1.165, 1.54) is 0 Å². The second-order valence-electron chi connectivity index (χ2n) is 5.27. The number of aromatic nitrogens is 2. The van der Waals surface area contributed by atoms with Gasteiger partial charge in [0.15, 0.2) is 6.61 Å². The van der Waals surface area contributed by atoms with Crippen molar-refractivity contribution >= 4 is 17.5 Å². The average Bonchev–Trinajstić information content (AvgIpc) is 3.14. The van der Waals surface area contributed by atoms with Gasteiger partial charge in [0.05, 0.1) is 13.7 Å². The summed E-state index contributed by atoms with van der Waals surface area (Å²) in [6, 6.07) is 14.1. The van der Waals surface area contributed by atoms with Crippen LogP contribution in [-0.4, -0.2) is 29.8 Å². The predicted molar refractivity (Wildman–Crippen MR) is 95.1 cm³/mol. The SMILES string of the molecule is COc1cccc(-c2noc(CNC(=O)COc3cccc(Cl)c3)n2)c1. The summed E-state index contributed by atoms with van der Waals surface area (Å²) >= 11 is 5.86. The fourth-order valence-electron chi connectivity index (χ4n) is 2.14. The van der Waals surface area contributed by atoms with Gasteiger partial charge in [0.1, 0.15) is 11.5 Å². The third-order valence-electron chi connectivity index (χ3n) is 3.40. The summed E-state index contributed by atoms with van der Waals surface area (Å²) in [5, 5.41) is 7.10. The highest BCUT2D eigenvalue weighted by Crippen LogP contribution is 2.21. The Bertz CT molecular complexity index is 897. The molecule has 1 aromatic heterocycles. The molecule has 2 aromatic carbocycles. The highest BCUT2D eigenvalue weighted by atomic mass is 35.5. The molecule has 7 nitrogen and oxygen atoms in total. The van der Waals surface area contributed by atoms with Gasteiger partial charge in [0.25, 0.3) is 5.91 Å². The minimum atomic E-state index is -0.314. The molecule has 0 aliphatic carbocycles. The Morgan fingerprint density at radius 3 is 2.81 bits per heavy atom. The van der Waals surface area contributed by atoms with Crippen molar-refractivity contribution < 1.29 is 18.8 Å². The molecule has 1 N–H and O–H groups in total. The van der Waals surface area contributed by atoms with Crippen LogP contribution >= 0.6 is 11.6 Å². The number of ether oxygens (including phenoxy) is 2. The normalized spacial score (nSPS) is 10.4. The van der Waals surface area contributed by atoms with E-state index in [0.29, 0.717) is 28.2 Å². The summed E-state index contributed by atoms with van der Waals surface area (Å²) in [7, 11) is 1.59. The van der Waals surface area contributed by atoms with Gasteiger partial charge in [-0.25, -0.2) is 0 Å². The Labute approximate surface area is 154 Å². The van der Waals surface area contributed by atoms with Crippen LogP contribution < -0.4 is 14.8 Å². The highest BCUT2D eigenvalue weighted by Gasteiger charge is 2.11. The summed E-state index contributed by atoms with van der Waals surface area (Å²) in [5.41, 5.74) is 0.759. The molecule has 0 atom stereocenters. The molecule has 0 spiro atoms. The van der Waals surface area contributed by atoms with E-state index in [4.69, 9.17) is 25.6 Å². The van der Waals surface area contributed by atoms with Gasteiger partial charge in [-0.1, -0.05) is 35.0 Å². The van der Waals surface area contributed by atoms with Crippen LogP contribution in [0.15, 0.2) is 53.1 Å². The van der Waals surface area contributed by atoms with Crippen molar-refractivity contribution in [3.8, 4) is 22.9 Å². The maximum absolute atomic E-state index is 11.9. The molecule has 0 saturated heterocycles. The van der Waals surface area contributed by atoms with Crippen LogP contribution in [0.25, 0.3) is 11.4 Å². The van der Waals surface area contributed by atoms with E-state index in [0.717, 1.165) is 5.56 Å². The molecule has 26 heavy (non-hydrogen) atoms. The topological polar surface area (TPSA) is 86.5 Å². The second-order valence-corrected chi connectivity index (χ2v) is 5.70. The lowest BCUT2D eigenvalue weighted by Gasteiger charge is -2.06. The fraction of sp³-hybridized carbons (Fsp3) is 0.167. The Morgan fingerprint density at radius 1 is 1.19 bits per heavy atom. The Morgan fingerprint density at radius 2 is 2.00 bits per heavy atom. The molecule has 1 heterocycles. The minimum absolute atomic E-state index is 0.106. The van der Waals surface area contributed by atoms with Crippen LogP contribution in [0.5, 0.6) is 11.5 Å². The molecule has 0 unspecified atom stereocenters. The highest BCUT2D eigenvalue weighted by molar-refractivity contribution is 6.30. The number of hydrogen-bond acceptors (Lipinski definition) is 6. The van der Waals surface area contributed by atoms with Gasteiger partial charge >= 0.3 is 0 Å². The number of amides is 1. The minimum Gasteiger partial charge on any atom is -0.497 e. The first-order valence-corrected chi connectivity index (χ1v) is 8.14. The van der Waals surface area contributed by atoms with E-state index in [1.54, 1.807) is 37.4 Å². The van der Waals surface area contributed by atoms with Gasteiger partial charge in [0, 0.05) is 10.6 Å². The Hall–Kier alpha value is -3.06. The summed E-state index contributed by atoms with van der Waals surface area (Å²) < 4.78 is 15.7. The van der Waals surface area contributed by atoms with E-state index in [2.05, 4.69) is 15.5 Å². The second kappa shape index (κ2) is 8.35. The molecular formula is C18H16ClN3O4. The van der Waals surface area contributed by atoms with Crippen molar-refractivity contribution in [1.29, 1.82) is 0 Å². The first-order valence-electron chi connectivity index (χ1n) is 7.76. The fourth-order valence-corrected chi connectivity index (χ4v) is 2.32. The van der Waals surface area contributed by atoms with Crippen molar-refractivity contribution in [1.82, 2.24) is 15.5 Å². The maximum Gasteiger partial charge on any atom is 0.258 e. The number of methoxy groups -OCH3 is 1. The number of carbonyl (C=O) groups excluding carboxylic acids is 1. The number of carbonyl (C=O) groups is 1. The number of benzene rings is 2. The first kappa shape index (κ1) is 17.8. The maximum atomic E-state index is 11.9. The summed E-state index contributed by atoms with van der Waals surface area (Å²) in [6.07, 6.45) is 0. The predicted octanol–water partition coefficient (Wildman–Crippen LogP) is 3.09. The molecule has 134 valence electrons. The van der Waals surface area contributed by atoms with Crippen molar-refractivity contribution in [3.63, 3.8) is 0 Å². The van der Waals surface area contributed by atoms with Gasteiger partial charge in [-0.15, -0.1) is 0 Å². The lowest BCUT2D eigenvalue weighted by Crippen LogP contribution is -2.28. The smallest absolute Gasteiger partial charge is 0.258 e. The Balaban J connectivity index is 1.52. The van der Waals surface area contributed by atoms with E-state index in [-0.39, 0.29) is 19.1 Å². The lowest BCUT2D eigenvalue weighted by atomic mass is 10.2. The molecular weight excluding hydrogens is 358 g/mol.